The summed E-state index contributed by atoms with van der Waals surface area (Å²) in [7, 11) is 2.10. The van der Waals surface area contributed by atoms with Crippen LogP contribution in [0.1, 0.15) is 35.1 Å². The largest absolute Gasteiger partial charge is 0.349 e. The molecule has 0 spiro atoms. The molecule has 142 valence electrons. The number of fused-ring (bicyclic) bond motifs is 2. The van der Waals surface area contributed by atoms with Gasteiger partial charge in [0.2, 0.25) is 0 Å². The Hall–Kier alpha value is -3.26. The highest BCUT2D eigenvalue weighted by Crippen LogP contribution is 2.29. The van der Waals surface area contributed by atoms with E-state index in [4.69, 9.17) is 9.61 Å². The number of amides is 1. The third kappa shape index (κ3) is 3.01. The highest BCUT2D eigenvalue weighted by Gasteiger charge is 2.30. The predicted molar refractivity (Wildman–Crippen MR) is 104 cm³/mol. The second-order valence-electron chi connectivity index (χ2n) is 7.30. The molecule has 2 N–H and O–H groups in total. The molecule has 8 nitrogen and oxygen atoms in total. The SMILES string of the molecule is CN1CC[C@@H](NC(=O)c2ccc3nonc3c2)C[C@@H]1c1nc2ccccc2[nH]1. The van der Waals surface area contributed by atoms with E-state index in [1.54, 1.807) is 18.2 Å². The van der Waals surface area contributed by atoms with Crippen LogP contribution < -0.4 is 5.32 Å². The summed E-state index contributed by atoms with van der Waals surface area (Å²) in [6.07, 6.45) is 1.70. The van der Waals surface area contributed by atoms with E-state index in [9.17, 15) is 4.79 Å². The average molecular weight is 376 g/mol. The lowest BCUT2D eigenvalue weighted by atomic mass is 9.96. The van der Waals surface area contributed by atoms with Crippen molar-refractivity contribution in [1.29, 1.82) is 0 Å². The zero-order valence-corrected chi connectivity index (χ0v) is 15.4. The number of rotatable bonds is 3. The number of benzene rings is 2. The number of aromatic nitrogens is 4. The van der Waals surface area contributed by atoms with Crippen LogP contribution in [0.25, 0.3) is 22.1 Å². The molecule has 4 aromatic rings. The number of carbonyl (C=O) groups is 1. The van der Waals surface area contributed by atoms with Crippen molar-refractivity contribution in [3.8, 4) is 0 Å². The van der Waals surface area contributed by atoms with Crippen LogP contribution in [0.4, 0.5) is 0 Å². The summed E-state index contributed by atoms with van der Waals surface area (Å²) in [6.45, 7) is 0.888. The van der Waals surface area contributed by atoms with Gasteiger partial charge < -0.3 is 10.3 Å². The summed E-state index contributed by atoms with van der Waals surface area (Å²) in [5, 5.41) is 10.7. The van der Waals surface area contributed by atoms with E-state index in [2.05, 4.69) is 32.6 Å². The molecule has 5 rings (SSSR count). The Bertz CT molecular complexity index is 1120. The zero-order valence-electron chi connectivity index (χ0n) is 15.4. The monoisotopic (exact) mass is 376 g/mol. The van der Waals surface area contributed by atoms with Gasteiger partial charge in [-0.1, -0.05) is 12.1 Å². The summed E-state index contributed by atoms with van der Waals surface area (Å²) < 4.78 is 4.70. The van der Waals surface area contributed by atoms with Crippen LogP contribution in [0.2, 0.25) is 0 Å². The molecule has 8 heteroatoms. The number of hydrogen-bond donors (Lipinski definition) is 2. The van der Waals surface area contributed by atoms with Crippen LogP contribution in [-0.2, 0) is 0 Å². The molecule has 1 aliphatic heterocycles. The number of imidazole rings is 1. The summed E-state index contributed by atoms with van der Waals surface area (Å²) in [6, 6.07) is 13.4. The van der Waals surface area contributed by atoms with Crippen LogP contribution in [-0.4, -0.2) is 50.7 Å². The lowest BCUT2D eigenvalue weighted by Crippen LogP contribution is -2.45. The first kappa shape index (κ1) is 16.9. The second-order valence-corrected chi connectivity index (χ2v) is 7.30. The maximum atomic E-state index is 12.7. The Morgan fingerprint density at radius 1 is 1.18 bits per heavy atom. The molecule has 1 amide bonds. The molecule has 3 heterocycles. The van der Waals surface area contributed by atoms with E-state index in [0.29, 0.717) is 16.6 Å². The smallest absolute Gasteiger partial charge is 0.251 e. The number of H-pyrrole nitrogens is 1. The molecule has 0 bridgehead atoms. The summed E-state index contributed by atoms with van der Waals surface area (Å²) in [5.74, 6) is 0.834. The maximum Gasteiger partial charge on any atom is 0.251 e. The van der Waals surface area contributed by atoms with Crippen LogP contribution in [0.3, 0.4) is 0 Å². The number of para-hydroxylation sites is 2. The fraction of sp³-hybridized carbons (Fsp3) is 0.300. The van der Waals surface area contributed by atoms with Crippen molar-refractivity contribution in [2.75, 3.05) is 13.6 Å². The van der Waals surface area contributed by atoms with E-state index in [1.807, 2.05) is 24.3 Å². The van der Waals surface area contributed by atoms with Gasteiger partial charge in [-0.2, -0.15) is 0 Å². The fourth-order valence-electron chi connectivity index (χ4n) is 3.86. The molecular weight excluding hydrogens is 356 g/mol. The zero-order chi connectivity index (χ0) is 19.1. The molecule has 0 saturated carbocycles. The van der Waals surface area contributed by atoms with E-state index < -0.39 is 0 Å². The van der Waals surface area contributed by atoms with Crippen LogP contribution >= 0.6 is 0 Å². The Balaban J connectivity index is 1.33. The highest BCUT2D eigenvalue weighted by atomic mass is 16.6. The molecule has 28 heavy (non-hydrogen) atoms. The second kappa shape index (κ2) is 6.72. The number of piperidine rings is 1. The lowest BCUT2D eigenvalue weighted by molar-refractivity contribution is 0.0884. The van der Waals surface area contributed by atoms with Crippen LogP contribution in [0.15, 0.2) is 47.1 Å². The number of likely N-dealkylation sites (tertiary alicyclic amines) is 1. The summed E-state index contributed by atoms with van der Waals surface area (Å²) >= 11 is 0. The first-order valence-corrected chi connectivity index (χ1v) is 9.35. The van der Waals surface area contributed by atoms with Crippen molar-refractivity contribution in [2.24, 2.45) is 0 Å². The molecular formula is C20H20N6O2. The van der Waals surface area contributed by atoms with Gasteiger partial charge in [-0.25, -0.2) is 9.61 Å². The molecule has 0 aliphatic carbocycles. The summed E-state index contributed by atoms with van der Waals surface area (Å²) in [5.41, 5.74) is 3.78. The number of aromatic amines is 1. The normalized spacial score (nSPS) is 20.6. The topological polar surface area (TPSA) is 99.9 Å². The Kier molecular flexibility index (Phi) is 4.05. The van der Waals surface area contributed by atoms with E-state index in [-0.39, 0.29) is 18.0 Å². The van der Waals surface area contributed by atoms with Gasteiger partial charge in [0.05, 0.1) is 17.1 Å². The van der Waals surface area contributed by atoms with Crippen LogP contribution in [0, 0.1) is 0 Å². The van der Waals surface area contributed by atoms with Crippen molar-refractivity contribution < 1.29 is 9.42 Å². The molecule has 2 aromatic heterocycles. The molecule has 2 aromatic carbocycles. The third-order valence-electron chi connectivity index (χ3n) is 5.44. The Labute approximate surface area is 160 Å². The van der Waals surface area contributed by atoms with Crippen molar-refractivity contribution in [3.05, 3.63) is 53.9 Å². The van der Waals surface area contributed by atoms with Crippen LogP contribution in [0.5, 0.6) is 0 Å². The minimum Gasteiger partial charge on any atom is -0.349 e. The minimum atomic E-state index is -0.109. The van der Waals surface area contributed by atoms with Gasteiger partial charge in [0, 0.05) is 18.2 Å². The highest BCUT2D eigenvalue weighted by molar-refractivity contribution is 5.97. The van der Waals surface area contributed by atoms with Gasteiger partial charge in [0.1, 0.15) is 16.9 Å². The number of carbonyl (C=O) groups excluding carboxylic acids is 1. The van der Waals surface area contributed by atoms with Crippen molar-refractivity contribution in [1.82, 2.24) is 30.5 Å². The molecule has 1 aliphatic rings. The van der Waals surface area contributed by atoms with Crippen molar-refractivity contribution >= 4 is 28.0 Å². The van der Waals surface area contributed by atoms with Crippen molar-refractivity contribution in [2.45, 2.75) is 24.9 Å². The minimum absolute atomic E-state index is 0.0769. The number of nitrogens with one attached hydrogen (secondary N) is 2. The van der Waals surface area contributed by atoms with Crippen molar-refractivity contribution in [3.63, 3.8) is 0 Å². The molecule has 2 atom stereocenters. The predicted octanol–water partition coefficient (Wildman–Crippen LogP) is 2.66. The van der Waals surface area contributed by atoms with E-state index in [0.717, 1.165) is 36.2 Å². The number of hydrogen-bond acceptors (Lipinski definition) is 6. The maximum absolute atomic E-state index is 12.7. The lowest BCUT2D eigenvalue weighted by Gasteiger charge is -2.36. The molecule has 0 unspecified atom stereocenters. The average Bonchev–Trinajstić information content (AvgIpc) is 3.35. The Morgan fingerprint density at radius 3 is 2.93 bits per heavy atom. The molecule has 0 radical (unpaired) electrons. The van der Waals surface area contributed by atoms with Gasteiger partial charge >= 0.3 is 0 Å². The van der Waals surface area contributed by atoms with Gasteiger partial charge in [-0.3, -0.25) is 9.69 Å². The van der Waals surface area contributed by atoms with Gasteiger partial charge in [-0.15, -0.1) is 0 Å². The van der Waals surface area contributed by atoms with E-state index in [1.165, 1.54) is 0 Å². The quantitative estimate of drug-likeness (QED) is 0.570. The van der Waals surface area contributed by atoms with Gasteiger partial charge in [-0.05, 0) is 60.5 Å². The van der Waals surface area contributed by atoms with Gasteiger partial charge in [0.25, 0.3) is 5.91 Å². The first-order chi connectivity index (χ1) is 13.7. The Morgan fingerprint density at radius 2 is 2.04 bits per heavy atom. The fourth-order valence-corrected chi connectivity index (χ4v) is 3.86. The van der Waals surface area contributed by atoms with Gasteiger partial charge in [0.15, 0.2) is 0 Å². The van der Waals surface area contributed by atoms with E-state index >= 15 is 0 Å². The third-order valence-corrected chi connectivity index (χ3v) is 5.44. The first-order valence-electron chi connectivity index (χ1n) is 9.35. The summed E-state index contributed by atoms with van der Waals surface area (Å²) in [4.78, 5) is 23.2. The molecule has 1 saturated heterocycles. The number of nitrogens with zero attached hydrogens (tertiary/aromatic N) is 4. The standard InChI is InChI=1S/C20H20N6O2/c1-26-9-8-13(11-18(26)19-22-14-4-2-3-5-15(14)23-19)21-20(27)12-6-7-16-17(10-12)25-28-24-16/h2-7,10,13,18H,8-9,11H2,1H3,(H,21,27)(H,22,23)/t13-,18-/m1/s1. The molecule has 1 fully saturated rings.